The highest BCUT2D eigenvalue weighted by Crippen LogP contribution is 2.47. The third-order valence-electron chi connectivity index (χ3n) is 4.10. The van der Waals surface area contributed by atoms with Crippen LogP contribution in [0.5, 0.6) is 0 Å². The van der Waals surface area contributed by atoms with Gasteiger partial charge in [-0.15, -0.1) is 0 Å². The van der Waals surface area contributed by atoms with Crippen molar-refractivity contribution < 1.29 is 19.1 Å². The first-order valence-corrected chi connectivity index (χ1v) is 7.09. The van der Waals surface area contributed by atoms with Gasteiger partial charge in [-0.05, 0) is 40.0 Å². The molecule has 5 nitrogen and oxygen atoms in total. The molecule has 1 atom stereocenters. The van der Waals surface area contributed by atoms with Gasteiger partial charge < -0.3 is 14.4 Å². The second-order valence-electron chi connectivity index (χ2n) is 5.09. The minimum absolute atomic E-state index is 0.0268. The lowest BCUT2D eigenvalue weighted by Crippen LogP contribution is -2.38. The third kappa shape index (κ3) is 1.64. The van der Waals surface area contributed by atoms with Gasteiger partial charge in [-0.25, -0.2) is 4.79 Å². The van der Waals surface area contributed by atoms with Crippen molar-refractivity contribution in [1.82, 2.24) is 0 Å². The highest BCUT2D eigenvalue weighted by molar-refractivity contribution is 9.10. The molecule has 0 aliphatic carbocycles. The van der Waals surface area contributed by atoms with Crippen LogP contribution in [0.3, 0.4) is 0 Å². The zero-order valence-electron chi connectivity index (χ0n) is 11.2. The summed E-state index contributed by atoms with van der Waals surface area (Å²) < 4.78 is 10.8. The number of methoxy groups -OCH3 is 1. The minimum Gasteiger partial charge on any atom is -0.465 e. The molecule has 2 aliphatic heterocycles. The van der Waals surface area contributed by atoms with Gasteiger partial charge in [-0.1, -0.05) is 0 Å². The van der Waals surface area contributed by atoms with Gasteiger partial charge in [0.25, 0.3) is 0 Å². The van der Waals surface area contributed by atoms with E-state index in [2.05, 4.69) is 15.9 Å². The molecule has 3 rings (SSSR count). The quantitative estimate of drug-likeness (QED) is 0.733. The monoisotopic (exact) mass is 339 g/mol. The molecule has 0 radical (unpaired) electrons. The van der Waals surface area contributed by atoms with E-state index in [0.29, 0.717) is 29.7 Å². The average molecular weight is 340 g/mol. The van der Waals surface area contributed by atoms with Gasteiger partial charge in [0.1, 0.15) is 5.41 Å². The van der Waals surface area contributed by atoms with E-state index < -0.39 is 11.4 Å². The fourth-order valence-electron chi connectivity index (χ4n) is 2.98. The summed E-state index contributed by atoms with van der Waals surface area (Å²) in [5.41, 5.74) is 1.49. The van der Waals surface area contributed by atoms with E-state index in [1.54, 1.807) is 18.0 Å². The highest BCUT2D eigenvalue weighted by atomic mass is 79.9. The van der Waals surface area contributed by atoms with Gasteiger partial charge in [-0.3, -0.25) is 4.79 Å². The number of hydrogen-bond donors (Lipinski definition) is 0. The maximum Gasteiger partial charge on any atom is 0.339 e. The normalized spacial score (nSPS) is 24.4. The van der Waals surface area contributed by atoms with Crippen LogP contribution in [-0.4, -0.2) is 39.2 Å². The molecule has 0 N–H and O–H groups in total. The van der Waals surface area contributed by atoms with E-state index in [1.165, 1.54) is 7.11 Å². The molecule has 0 bridgehead atoms. The lowest BCUT2D eigenvalue weighted by molar-refractivity contribution is -0.122. The number of anilines is 1. The van der Waals surface area contributed by atoms with Crippen molar-refractivity contribution in [2.75, 3.05) is 32.3 Å². The Balaban J connectivity index is 2.19. The number of carbonyl (C=O) groups is 2. The van der Waals surface area contributed by atoms with E-state index in [4.69, 9.17) is 9.47 Å². The Kier molecular flexibility index (Phi) is 3.10. The van der Waals surface area contributed by atoms with E-state index in [-0.39, 0.29) is 5.91 Å². The Hall–Kier alpha value is -1.40. The summed E-state index contributed by atoms with van der Waals surface area (Å²) in [6.07, 6.45) is 0.674. The number of likely N-dealkylation sites (N-methyl/N-ethyl adjacent to an activating group) is 1. The van der Waals surface area contributed by atoms with Crippen LogP contribution in [0, 0.1) is 0 Å². The first-order chi connectivity index (χ1) is 9.51. The van der Waals surface area contributed by atoms with Gasteiger partial charge >= 0.3 is 5.97 Å². The van der Waals surface area contributed by atoms with Crippen LogP contribution in [-0.2, 0) is 19.7 Å². The highest BCUT2D eigenvalue weighted by Gasteiger charge is 2.52. The number of esters is 1. The Labute approximate surface area is 125 Å². The van der Waals surface area contributed by atoms with Crippen LogP contribution in [0.25, 0.3) is 0 Å². The molecule has 1 spiro atoms. The molecular weight excluding hydrogens is 326 g/mol. The SMILES string of the molecule is COC(=O)c1cc2c(cc1Br)C1(CCOC1)C(=O)N2C. The zero-order valence-corrected chi connectivity index (χ0v) is 12.8. The number of benzene rings is 1. The molecule has 6 heteroatoms. The molecule has 1 amide bonds. The molecule has 1 aromatic rings. The first-order valence-electron chi connectivity index (χ1n) is 6.29. The fraction of sp³-hybridized carbons (Fsp3) is 0.429. The van der Waals surface area contributed by atoms with Gasteiger partial charge in [0.2, 0.25) is 5.91 Å². The van der Waals surface area contributed by atoms with Gasteiger partial charge in [-0.2, -0.15) is 0 Å². The number of rotatable bonds is 1. The molecule has 1 fully saturated rings. The van der Waals surface area contributed by atoms with Crippen molar-refractivity contribution in [3.05, 3.63) is 27.7 Å². The molecule has 20 heavy (non-hydrogen) atoms. The predicted octanol–water partition coefficient (Wildman–Crippen LogP) is 1.87. The second-order valence-corrected chi connectivity index (χ2v) is 5.94. The molecule has 1 unspecified atom stereocenters. The van der Waals surface area contributed by atoms with E-state index in [1.807, 2.05) is 6.07 Å². The summed E-state index contributed by atoms with van der Waals surface area (Å²) in [5.74, 6) is -0.400. The zero-order chi connectivity index (χ0) is 14.5. The number of carbonyl (C=O) groups excluding carboxylic acids is 2. The van der Waals surface area contributed by atoms with Crippen molar-refractivity contribution in [3.63, 3.8) is 0 Å². The first kappa shape index (κ1) is 13.6. The standard InChI is InChI=1S/C14H14BrNO4/c1-16-11-5-8(12(17)19-2)10(15)6-9(11)14(13(16)18)3-4-20-7-14/h5-6H,3-4,7H2,1-2H3. The maximum atomic E-state index is 12.6. The van der Waals surface area contributed by atoms with Crippen LogP contribution >= 0.6 is 15.9 Å². The summed E-state index contributed by atoms with van der Waals surface area (Å²) in [5, 5.41) is 0. The molecule has 106 valence electrons. The summed E-state index contributed by atoms with van der Waals surface area (Å²) >= 11 is 3.39. The van der Waals surface area contributed by atoms with Gasteiger partial charge in [0.05, 0.1) is 19.3 Å². The smallest absolute Gasteiger partial charge is 0.339 e. The van der Waals surface area contributed by atoms with Crippen molar-refractivity contribution >= 4 is 33.5 Å². The molecule has 2 heterocycles. The Morgan fingerprint density at radius 3 is 2.85 bits per heavy atom. The largest absolute Gasteiger partial charge is 0.465 e. The number of hydrogen-bond acceptors (Lipinski definition) is 4. The van der Waals surface area contributed by atoms with Gasteiger partial charge in [0, 0.05) is 23.8 Å². The summed E-state index contributed by atoms with van der Waals surface area (Å²) in [7, 11) is 3.06. The average Bonchev–Trinajstić information content (AvgIpc) is 3.01. The van der Waals surface area contributed by atoms with Crippen LogP contribution in [0.1, 0.15) is 22.3 Å². The number of ether oxygens (including phenoxy) is 2. The van der Waals surface area contributed by atoms with Crippen LogP contribution in [0.15, 0.2) is 16.6 Å². The molecule has 1 aromatic carbocycles. The number of nitrogens with zero attached hydrogens (tertiary/aromatic N) is 1. The number of amides is 1. The lowest BCUT2D eigenvalue weighted by Gasteiger charge is -2.20. The van der Waals surface area contributed by atoms with E-state index in [9.17, 15) is 9.59 Å². The molecule has 0 saturated carbocycles. The van der Waals surface area contributed by atoms with Gasteiger partial charge in [0.15, 0.2) is 0 Å². The summed E-state index contributed by atoms with van der Waals surface area (Å²) in [6, 6.07) is 3.55. The third-order valence-corrected chi connectivity index (χ3v) is 4.76. The molecule has 0 aromatic heterocycles. The molecule has 2 aliphatic rings. The van der Waals surface area contributed by atoms with Crippen molar-refractivity contribution in [3.8, 4) is 0 Å². The van der Waals surface area contributed by atoms with Crippen LogP contribution in [0.2, 0.25) is 0 Å². The summed E-state index contributed by atoms with van der Waals surface area (Å²) in [6.45, 7) is 0.975. The van der Waals surface area contributed by atoms with Crippen molar-refractivity contribution in [2.24, 2.45) is 0 Å². The Morgan fingerprint density at radius 2 is 2.25 bits per heavy atom. The Bertz CT molecular complexity index is 607. The second kappa shape index (κ2) is 4.56. The molecular formula is C14H14BrNO4. The summed E-state index contributed by atoms with van der Waals surface area (Å²) in [4.78, 5) is 25.9. The van der Waals surface area contributed by atoms with Crippen LogP contribution < -0.4 is 4.90 Å². The van der Waals surface area contributed by atoms with Crippen LogP contribution in [0.4, 0.5) is 5.69 Å². The van der Waals surface area contributed by atoms with Crippen molar-refractivity contribution in [1.29, 1.82) is 0 Å². The Morgan fingerprint density at radius 1 is 1.50 bits per heavy atom. The molecule has 1 saturated heterocycles. The lowest BCUT2D eigenvalue weighted by atomic mass is 9.81. The number of halogens is 1. The fourth-order valence-corrected chi connectivity index (χ4v) is 3.49. The van der Waals surface area contributed by atoms with Crippen molar-refractivity contribution in [2.45, 2.75) is 11.8 Å². The van der Waals surface area contributed by atoms with E-state index >= 15 is 0 Å². The number of fused-ring (bicyclic) bond motifs is 2. The topological polar surface area (TPSA) is 55.8 Å². The predicted molar refractivity (Wildman–Crippen MR) is 76.0 cm³/mol. The maximum absolute atomic E-state index is 12.6. The van der Waals surface area contributed by atoms with E-state index in [0.717, 1.165) is 11.3 Å². The minimum atomic E-state index is -0.596.